The molecule has 1 atom stereocenters. The molecule has 0 aromatic heterocycles. The van der Waals surface area contributed by atoms with Gasteiger partial charge in [0.15, 0.2) is 0 Å². The molecule has 3 heteroatoms. The Morgan fingerprint density at radius 1 is 1.76 bits per heavy atom. The molecule has 0 bridgehead atoms. The third-order valence-electron chi connectivity index (χ3n) is 2.82. The molecule has 0 N–H and O–H groups in total. The zero-order valence-electron chi connectivity index (χ0n) is 10.1. The second-order valence-corrected chi connectivity index (χ2v) is 4.02. The first-order valence-corrected chi connectivity index (χ1v) is 5.70. The second-order valence-electron chi connectivity index (χ2n) is 4.02. The van der Waals surface area contributed by atoms with Crippen LogP contribution in [0.25, 0.3) is 0 Å². The van der Waals surface area contributed by atoms with Crippen LogP contribution in [0.3, 0.4) is 0 Å². The van der Waals surface area contributed by atoms with Gasteiger partial charge in [-0.15, -0.1) is 6.58 Å². The molecule has 1 aliphatic carbocycles. The molecule has 1 rings (SSSR count). The first-order valence-electron chi connectivity index (χ1n) is 5.70. The molecule has 0 fully saturated rings. The smallest absolute Gasteiger partial charge is 0.330 e. The highest BCUT2D eigenvalue weighted by Crippen LogP contribution is 2.33. The Kier molecular flexibility index (Phi) is 5.22. The number of hydrogen-bond acceptors (Lipinski definition) is 3. The van der Waals surface area contributed by atoms with Crippen molar-refractivity contribution in [3.63, 3.8) is 0 Å². The highest BCUT2D eigenvalue weighted by Gasteiger charge is 2.20. The number of esters is 1. The van der Waals surface area contributed by atoms with Crippen molar-refractivity contribution in [3.8, 4) is 6.07 Å². The maximum Gasteiger partial charge on any atom is 0.330 e. The summed E-state index contributed by atoms with van der Waals surface area (Å²) in [5, 5.41) is 8.33. The molecule has 90 valence electrons. The zero-order valence-corrected chi connectivity index (χ0v) is 10.1. The number of hydrogen-bond donors (Lipinski definition) is 0. The molecular weight excluding hydrogens is 214 g/mol. The van der Waals surface area contributed by atoms with E-state index in [0.29, 0.717) is 0 Å². The minimum Gasteiger partial charge on any atom is -0.461 e. The summed E-state index contributed by atoms with van der Waals surface area (Å²) < 4.78 is 4.92. The average Bonchev–Trinajstić information content (AvgIpc) is 2.62. The topological polar surface area (TPSA) is 50.1 Å². The molecular formula is C14H17NO2. The van der Waals surface area contributed by atoms with Crippen LogP contribution in [-0.2, 0) is 9.53 Å². The lowest BCUT2D eigenvalue weighted by atomic mass is 9.94. The van der Waals surface area contributed by atoms with Crippen LogP contribution >= 0.6 is 0 Å². The van der Waals surface area contributed by atoms with Crippen molar-refractivity contribution in [2.24, 2.45) is 5.92 Å². The predicted octanol–water partition coefficient (Wildman–Crippen LogP) is 2.91. The summed E-state index contributed by atoms with van der Waals surface area (Å²) in [5.41, 5.74) is 2.35. The Hall–Kier alpha value is -1.82. The van der Waals surface area contributed by atoms with E-state index in [0.717, 1.165) is 18.4 Å². The highest BCUT2D eigenvalue weighted by molar-refractivity contribution is 5.83. The van der Waals surface area contributed by atoms with Crippen molar-refractivity contribution in [3.05, 3.63) is 36.0 Å². The summed E-state index contributed by atoms with van der Waals surface area (Å²) in [6.07, 6.45) is 7.43. The van der Waals surface area contributed by atoms with Crippen molar-refractivity contribution in [1.29, 1.82) is 5.26 Å². The van der Waals surface area contributed by atoms with Crippen LogP contribution < -0.4 is 0 Å². The van der Waals surface area contributed by atoms with Crippen LogP contribution in [0, 0.1) is 17.2 Å². The minimum absolute atomic E-state index is 0.164. The van der Waals surface area contributed by atoms with E-state index in [2.05, 4.69) is 19.6 Å². The number of rotatable bonds is 5. The van der Waals surface area contributed by atoms with E-state index in [-0.39, 0.29) is 24.9 Å². The Labute approximate surface area is 102 Å². The monoisotopic (exact) mass is 231 g/mol. The number of nitrogens with zero attached hydrogens (tertiary/aromatic N) is 1. The fourth-order valence-corrected chi connectivity index (χ4v) is 1.91. The van der Waals surface area contributed by atoms with Gasteiger partial charge in [-0.05, 0) is 19.8 Å². The second kappa shape index (κ2) is 6.70. The molecule has 0 heterocycles. The van der Waals surface area contributed by atoms with Crippen molar-refractivity contribution < 1.29 is 9.53 Å². The van der Waals surface area contributed by atoms with Gasteiger partial charge in [-0.3, -0.25) is 0 Å². The molecule has 0 amide bonds. The van der Waals surface area contributed by atoms with Crippen LogP contribution in [0.4, 0.5) is 0 Å². The molecule has 0 saturated heterocycles. The predicted molar refractivity (Wildman–Crippen MR) is 66.0 cm³/mol. The van der Waals surface area contributed by atoms with Crippen LogP contribution in [0.2, 0.25) is 0 Å². The summed E-state index contributed by atoms with van der Waals surface area (Å²) >= 11 is 0. The van der Waals surface area contributed by atoms with Gasteiger partial charge in [0.05, 0.1) is 12.5 Å². The number of nitriles is 1. The molecule has 1 aliphatic rings. The third kappa shape index (κ3) is 3.92. The maximum absolute atomic E-state index is 11.5. The lowest BCUT2D eigenvalue weighted by Gasteiger charge is -2.12. The Morgan fingerprint density at radius 2 is 2.53 bits per heavy atom. The normalized spacial score (nSPS) is 20.8. The van der Waals surface area contributed by atoms with Crippen molar-refractivity contribution >= 4 is 5.97 Å². The van der Waals surface area contributed by atoms with Crippen molar-refractivity contribution in [2.75, 3.05) is 6.61 Å². The maximum atomic E-state index is 11.5. The molecule has 17 heavy (non-hydrogen) atoms. The number of carbonyl (C=O) groups is 1. The van der Waals surface area contributed by atoms with Gasteiger partial charge in [-0.1, -0.05) is 23.3 Å². The fraction of sp³-hybridized carbons (Fsp3) is 0.429. The Morgan fingerprint density at radius 3 is 3.18 bits per heavy atom. The van der Waals surface area contributed by atoms with Gasteiger partial charge in [-0.2, -0.15) is 5.26 Å². The van der Waals surface area contributed by atoms with E-state index in [1.54, 1.807) is 6.08 Å². The Balaban J connectivity index is 2.57. The van der Waals surface area contributed by atoms with Gasteiger partial charge >= 0.3 is 5.97 Å². The summed E-state index contributed by atoms with van der Waals surface area (Å²) in [4.78, 5) is 11.5. The lowest BCUT2D eigenvalue weighted by molar-refractivity contribution is -0.137. The van der Waals surface area contributed by atoms with Gasteiger partial charge in [0.25, 0.3) is 0 Å². The summed E-state index contributed by atoms with van der Waals surface area (Å²) in [5.74, 6) is -0.0663. The summed E-state index contributed by atoms with van der Waals surface area (Å²) in [7, 11) is 0. The standard InChI is InChI=1S/C14H17NO2/c1-3-5-13-11(2)6-7-12(13)10-14(16)17-9-4-8-15/h3,6,10,13H,1,4-5,7,9H2,2H3/b12-10-. The lowest BCUT2D eigenvalue weighted by Crippen LogP contribution is -2.06. The Bertz CT molecular complexity index is 399. The zero-order chi connectivity index (χ0) is 12.7. The van der Waals surface area contributed by atoms with Crippen LogP contribution in [0.15, 0.2) is 36.0 Å². The number of carbonyl (C=O) groups excluding carboxylic acids is 1. The summed E-state index contributed by atoms with van der Waals surface area (Å²) in [6.45, 7) is 5.96. The number of ether oxygens (including phenoxy) is 1. The van der Waals surface area contributed by atoms with Crippen molar-refractivity contribution in [1.82, 2.24) is 0 Å². The van der Waals surface area contributed by atoms with Crippen LogP contribution in [0.5, 0.6) is 0 Å². The molecule has 0 aliphatic heterocycles. The van der Waals surface area contributed by atoms with E-state index in [4.69, 9.17) is 10.00 Å². The average molecular weight is 231 g/mol. The molecule has 3 nitrogen and oxygen atoms in total. The van der Waals surface area contributed by atoms with Gasteiger partial charge in [0, 0.05) is 12.0 Å². The molecule has 0 spiro atoms. The van der Waals surface area contributed by atoms with Gasteiger partial charge in [0.1, 0.15) is 6.61 Å². The molecule has 0 aromatic carbocycles. The molecule has 0 aromatic rings. The third-order valence-corrected chi connectivity index (χ3v) is 2.82. The highest BCUT2D eigenvalue weighted by atomic mass is 16.5. The minimum atomic E-state index is -0.354. The van der Waals surface area contributed by atoms with Crippen LogP contribution in [0.1, 0.15) is 26.2 Å². The first-order chi connectivity index (χ1) is 8.19. The van der Waals surface area contributed by atoms with Gasteiger partial charge < -0.3 is 4.74 Å². The first kappa shape index (κ1) is 13.2. The summed E-state index contributed by atoms with van der Waals surface area (Å²) in [6, 6.07) is 1.93. The SMILES string of the molecule is C=CCC1C(C)=CC/C1=C/C(=O)OCCC#N. The van der Waals surface area contributed by atoms with Gasteiger partial charge in [-0.25, -0.2) is 4.79 Å². The molecule has 1 unspecified atom stereocenters. The van der Waals surface area contributed by atoms with E-state index in [9.17, 15) is 4.79 Å². The van der Waals surface area contributed by atoms with Gasteiger partial charge in [0.2, 0.25) is 0 Å². The fourth-order valence-electron chi connectivity index (χ4n) is 1.91. The molecule has 0 saturated carbocycles. The quantitative estimate of drug-likeness (QED) is 0.316. The van der Waals surface area contributed by atoms with E-state index in [1.807, 2.05) is 12.1 Å². The molecule has 0 radical (unpaired) electrons. The largest absolute Gasteiger partial charge is 0.461 e. The van der Waals surface area contributed by atoms with E-state index < -0.39 is 0 Å². The van der Waals surface area contributed by atoms with E-state index in [1.165, 1.54) is 5.57 Å². The van der Waals surface area contributed by atoms with E-state index >= 15 is 0 Å². The van der Waals surface area contributed by atoms with Crippen molar-refractivity contribution in [2.45, 2.75) is 26.2 Å². The number of allylic oxidation sites excluding steroid dienone is 4. The van der Waals surface area contributed by atoms with Crippen LogP contribution in [-0.4, -0.2) is 12.6 Å².